The molecule has 0 aliphatic carbocycles. The second kappa shape index (κ2) is 6.67. The first-order chi connectivity index (χ1) is 8.08. The zero-order valence-electron chi connectivity index (χ0n) is 12.0. The van der Waals surface area contributed by atoms with Crippen LogP contribution in [0, 0.1) is 12.8 Å². The van der Waals surface area contributed by atoms with Gasteiger partial charge in [-0.05, 0) is 25.7 Å². The lowest BCUT2D eigenvalue weighted by Crippen LogP contribution is -2.26. The predicted octanol–water partition coefficient (Wildman–Crippen LogP) is 3.84. The monoisotopic (exact) mass is 237 g/mol. The smallest absolute Gasteiger partial charge is 0.203 e. The summed E-state index contributed by atoms with van der Waals surface area (Å²) in [5, 5.41) is 3.58. The molecule has 0 fully saturated rings. The van der Waals surface area contributed by atoms with E-state index < -0.39 is 0 Å². The predicted molar refractivity (Wildman–Crippen MR) is 74.4 cm³/mol. The standard InChI is InChI=1S/C14H27N3/c1-6-8-9-17-10-12(5)15-14(17)16-13(7-2)11(3)4/h10-11,13H,6-9H2,1-5H3,(H,15,16). The lowest BCUT2D eigenvalue weighted by molar-refractivity contribution is 0.502. The van der Waals surface area contributed by atoms with Crippen molar-refractivity contribution in [3.63, 3.8) is 0 Å². The van der Waals surface area contributed by atoms with Crippen LogP contribution in [0.3, 0.4) is 0 Å². The molecule has 3 nitrogen and oxygen atoms in total. The number of nitrogens with one attached hydrogen (secondary N) is 1. The van der Waals surface area contributed by atoms with Crippen LogP contribution in [0.4, 0.5) is 5.95 Å². The lowest BCUT2D eigenvalue weighted by atomic mass is 10.0. The summed E-state index contributed by atoms with van der Waals surface area (Å²) in [5.74, 6) is 1.67. The van der Waals surface area contributed by atoms with Crippen LogP contribution in [0.25, 0.3) is 0 Å². The molecule has 1 atom stereocenters. The van der Waals surface area contributed by atoms with E-state index in [1.807, 2.05) is 0 Å². The number of hydrogen-bond donors (Lipinski definition) is 1. The average molecular weight is 237 g/mol. The summed E-state index contributed by atoms with van der Waals surface area (Å²) in [5.41, 5.74) is 1.10. The molecule has 3 heteroatoms. The van der Waals surface area contributed by atoms with Gasteiger partial charge < -0.3 is 9.88 Å². The van der Waals surface area contributed by atoms with E-state index in [0.29, 0.717) is 12.0 Å². The number of rotatable bonds is 7. The van der Waals surface area contributed by atoms with Crippen molar-refractivity contribution in [2.24, 2.45) is 5.92 Å². The highest BCUT2D eigenvalue weighted by Gasteiger charge is 2.14. The van der Waals surface area contributed by atoms with Crippen molar-refractivity contribution in [1.29, 1.82) is 0 Å². The molecule has 0 spiro atoms. The third-order valence-electron chi connectivity index (χ3n) is 3.21. The summed E-state index contributed by atoms with van der Waals surface area (Å²) < 4.78 is 2.25. The van der Waals surface area contributed by atoms with E-state index in [-0.39, 0.29) is 0 Å². The molecule has 0 amide bonds. The van der Waals surface area contributed by atoms with Crippen LogP contribution in [0.2, 0.25) is 0 Å². The molecule has 1 rings (SSSR count). The molecule has 0 aliphatic rings. The first-order valence-corrected chi connectivity index (χ1v) is 6.88. The minimum Gasteiger partial charge on any atom is -0.353 e. The molecule has 0 saturated heterocycles. The number of aromatic nitrogens is 2. The molecule has 0 aromatic carbocycles. The number of anilines is 1. The van der Waals surface area contributed by atoms with Gasteiger partial charge in [-0.25, -0.2) is 4.98 Å². The van der Waals surface area contributed by atoms with Gasteiger partial charge in [-0.1, -0.05) is 34.1 Å². The third kappa shape index (κ3) is 4.06. The molecule has 0 saturated carbocycles. The number of hydrogen-bond acceptors (Lipinski definition) is 2. The fourth-order valence-electron chi connectivity index (χ4n) is 2.07. The highest BCUT2D eigenvalue weighted by molar-refractivity contribution is 5.30. The topological polar surface area (TPSA) is 29.9 Å². The van der Waals surface area contributed by atoms with E-state index >= 15 is 0 Å². The van der Waals surface area contributed by atoms with Crippen LogP contribution in [0.1, 0.15) is 52.7 Å². The number of unbranched alkanes of at least 4 members (excludes halogenated alkanes) is 1. The van der Waals surface area contributed by atoms with Crippen LogP contribution in [0.15, 0.2) is 6.20 Å². The Morgan fingerprint density at radius 1 is 1.35 bits per heavy atom. The lowest BCUT2D eigenvalue weighted by Gasteiger charge is -2.21. The molecular formula is C14H27N3. The molecule has 0 bridgehead atoms. The maximum absolute atomic E-state index is 4.59. The molecule has 1 heterocycles. The van der Waals surface area contributed by atoms with Crippen LogP contribution in [-0.4, -0.2) is 15.6 Å². The van der Waals surface area contributed by atoms with E-state index in [2.05, 4.69) is 55.7 Å². The Labute approximate surface area is 106 Å². The van der Waals surface area contributed by atoms with Crippen LogP contribution in [0.5, 0.6) is 0 Å². The van der Waals surface area contributed by atoms with E-state index in [9.17, 15) is 0 Å². The summed E-state index contributed by atoms with van der Waals surface area (Å²) in [7, 11) is 0. The van der Waals surface area contributed by atoms with Crippen molar-refractivity contribution in [2.75, 3.05) is 5.32 Å². The van der Waals surface area contributed by atoms with Gasteiger partial charge in [0.15, 0.2) is 0 Å². The van der Waals surface area contributed by atoms with Gasteiger partial charge in [0.25, 0.3) is 0 Å². The molecule has 1 unspecified atom stereocenters. The summed E-state index contributed by atoms with van der Waals surface area (Å²) in [6, 6.07) is 0.511. The first kappa shape index (κ1) is 14.1. The molecule has 1 N–H and O–H groups in total. The van der Waals surface area contributed by atoms with Crippen LogP contribution >= 0.6 is 0 Å². The maximum Gasteiger partial charge on any atom is 0.203 e. The Morgan fingerprint density at radius 2 is 2.06 bits per heavy atom. The fourth-order valence-corrected chi connectivity index (χ4v) is 2.07. The fraction of sp³-hybridized carbons (Fsp3) is 0.786. The van der Waals surface area contributed by atoms with Gasteiger partial charge in [0.1, 0.15) is 0 Å². The Kier molecular flexibility index (Phi) is 5.52. The van der Waals surface area contributed by atoms with Gasteiger partial charge in [-0.2, -0.15) is 0 Å². The molecule has 1 aromatic heterocycles. The number of aryl methyl sites for hydroxylation is 2. The highest BCUT2D eigenvalue weighted by atomic mass is 15.2. The third-order valence-corrected chi connectivity index (χ3v) is 3.21. The highest BCUT2D eigenvalue weighted by Crippen LogP contribution is 2.16. The molecule has 1 aromatic rings. The summed E-state index contributed by atoms with van der Waals surface area (Å²) in [4.78, 5) is 4.59. The van der Waals surface area contributed by atoms with Gasteiger partial charge in [0.05, 0.1) is 5.69 Å². The van der Waals surface area contributed by atoms with E-state index in [0.717, 1.165) is 24.6 Å². The SMILES string of the molecule is CCCCn1cc(C)nc1NC(CC)C(C)C. The zero-order valence-corrected chi connectivity index (χ0v) is 12.0. The molecule has 98 valence electrons. The van der Waals surface area contributed by atoms with Crippen LogP contribution in [-0.2, 0) is 6.54 Å². The Balaban J connectivity index is 2.74. The van der Waals surface area contributed by atoms with Gasteiger partial charge in [-0.3, -0.25) is 0 Å². The zero-order chi connectivity index (χ0) is 12.8. The minimum absolute atomic E-state index is 0.511. The maximum atomic E-state index is 4.59. The summed E-state index contributed by atoms with van der Waals surface area (Å²) >= 11 is 0. The average Bonchev–Trinajstić information content (AvgIpc) is 2.63. The van der Waals surface area contributed by atoms with Gasteiger partial charge in [0.2, 0.25) is 5.95 Å². The molecular weight excluding hydrogens is 210 g/mol. The Hall–Kier alpha value is -0.990. The second-order valence-electron chi connectivity index (χ2n) is 5.16. The number of nitrogens with zero attached hydrogens (tertiary/aromatic N) is 2. The van der Waals surface area contributed by atoms with Gasteiger partial charge in [-0.15, -0.1) is 0 Å². The second-order valence-corrected chi connectivity index (χ2v) is 5.16. The van der Waals surface area contributed by atoms with Crippen molar-refractivity contribution in [3.8, 4) is 0 Å². The summed E-state index contributed by atoms with van der Waals surface area (Å²) in [6.07, 6.45) is 5.71. The van der Waals surface area contributed by atoms with Crippen molar-refractivity contribution in [3.05, 3.63) is 11.9 Å². The first-order valence-electron chi connectivity index (χ1n) is 6.88. The quantitative estimate of drug-likeness (QED) is 0.781. The Bertz CT molecular complexity index is 328. The Morgan fingerprint density at radius 3 is 2.59 bits per heavy atom. The largest absolute Gasteiger partial charge is 0.353 e. The molecule has 0 radical (unpaired) electrons. The van der Waals surface area contributed by atoms with E-state index in [1.165, 1.54) is 12.8 Å². The van der Waals surface area contributed by atoms with Crippen molar-refractivity contribution in [2.45, 2.75) is 66.5 Å². The summed E-state index contributed by atoms with van der Waals surface area (Å²) in [6.45, 7) is 12.1. The molecule has 0 aliphatic heterocycles. The van der Waals surface area contributed by atoms with Crippen molar-refractivity contribution in [1.82, 2.24) is 9.55 Å². The van der Waals surface area contributed by atoms with E-state index in [1.54, 1.807) is 0 Å². The van der Waals surface area contributed by atoms with Crippen molar-refractivity contribution >= 4 is 5.95 Å². The van der Waals surface area contributed by atoms with Gasteiger partial charge >= 0.3 is 0 Å². The van der Waals surface area contributed by atoms with Crippen molar-refractivity contribution < 1.29 is 0 Å². The van der Waals surface area contributed by atoms with Crippen LogP contribution < -0.4 is 5.32 Å². The molecule has 17 heavy (non-hydrogen) atoms. The normalized spacial score (nSPS) is 13.1. The number of imidazole rings is 1. The van der Waals surface area contributed by atoms with Gasteiger partial charge in [0, 0.05) is 18.8 Å². The van der Waals surface area contributed by atoms with E-state index in [4.69, 9.17) is 0 Å². The minimum atomic E-state index is 0.511.